The van der Waals surface area contributed by atoms with Crippen LogP contribution in [-0.2, 0) is 56.8 Å². The summed E-state index contributed by atoms with van der Waals surface area (Å²) in [4.78, 5) is 0. The molecular weight excluding hydrogens is 1120 g/mol. The number of hydrogen-bond acceptors (Lipinski definition) is 34. The Bertz CT molecular complexity index is 1840. The standard InChI is InChI=1S/2C25H50N6O11/c2*1-2-8(27)12-4-3-9(28)23(37-12)40-20-11(30)5-10(29)16(33)22(20)42-25-19(36)21(14(7-32)39-25)41-24-15(31)18(35)17(34)13(6-26)38-24/h2*8-25,32-36H,2-7,26-31H2,1H3. The van der Waals surface area contributed by atoms with E-state index in [4.69, 9.17) is 126 Å². The summed E-state index contributed by atoms with van der Waals surface area (Å²) in [6, 6.07) is -6.74. The van der Waals surface area contributed by atoms with Crippen LogP contribution in [0.2, 0.25) is 0 Å². The Balaban J connectivity index is 0.000000241. The molecule has 2 aliphatic carbocycles. The Kier molecular flexibility index (Phi) is 26.0. The van der Waals surface area contributed by atoms with Gasteiger partial charge < -0.3 is 177 Å². The zero-order chi connectivity index (χ0) is 61.8. The van der Waals surface area contributed by atoms with Gasteiger partial charge in [0.05, 0.1) is 61.8 Å². The molecule has 6 aliphatic heterocycles. The molecule has 6 heterocycles. The van der Waals surface area contributed by atoms with Gasteiger partial charge in [-0.25, -0.2) is 0 Å². The Morgan fingerprint density at radius 1 is 0.357 bits per heavy atom. The van der Waals surface area contributed by atoms with Crippen LogP contribution < -0.4 is 68.8 Å². The predicted molar refractivity (Wildman–Crippen MR) is 290 cm³/mol. The minimum absolute atomic E-state index is 0.134. The maximum Gasteiger partial charge on any atom is 0.187 e. The SMILES string of the molecule is CCC(N)C1CCC(N)C(OC2C(N)CC(N)C(O)C2OC2OC(CO)C(OC3OC(CN)C(O)C(O)C3N)C2O)O1.CCC(N)C1CCC(N)C(OC2C(N)CC(N)C(O)C2OC2OC(CO)C(OC3OC(CN)C(O)C(O)C3N)C2O)O1. The van der Waals surface area contributed by atoms with Crippen LogP contribution in [-0.4, -0.2) is 298 Å². The van der Waals surface area contributed by atoms with E-state index < -0.39 is 209 Å². The van der Waals surface area contributed by atoms with Gasteiger partial charge in [-0.3, -0.25) is 0 Å². The topological polar surface area (TPSA) is 625 Å². The van der Waals surface area contributed by atoms with Crippen molar-refractivity contribution in [1.82, 2.24) is 0 Å². The van der Waals surface area contributed by atoms with Crippen molar-refractivity contribution in [3.8, 4) is 0 Å². The molecule has 6 saturated heterocycles. The van der Waals surface area contributed by atoms with Crippen molar-refractivity contribution in [3.05, 3.63) is 0 Å². The number of nitrogens with two attached hydrogens (primary N) is 12. The maximum atomic E-state index is 11.2. The number of aliphatic hydroxyl groups excluding tert-OH is 10. The predicted octanol–water partition coefficient (Wildman–Crippen LogP) is -12.1. The monoisotopic (exact) mass is 1220 g/mol. The van der Waals surface area contributed by atoms with Crippen molar-refractivity contribution in [2.45, 2.75) is 285 Å². The second kappa shape index (κ2) is 31.1. The summed E-state index contributed by atoms with van der Waals surface area (Å²) >= 11 is 0. The minimum Gasteiger partial charge on any atom is -0.394 e. The molecule has 8 rings (SSSR count). The molecule has 34 nitrogen and oxygen atoms in total. The molecule has 36 atom stereocenters. The number of hydrogen-bond donors (Lipinski definition) is 22. The third-order valence-corrected chi connectivity index (χ3v) is 17.6. The molecular formula is C50H100N12O22. The van der Waals surface area contributed by atoms with E-state index in [1.807, 2.05) is 13.8 Å². The molecule has 0 spiro atoms. The summed E-state index contributed by atoms with van der Waals surface area (Å²) in [7, 11) is 0. The van der Waals surface area contributed by atoms with Crippen molar-refractivity contribution >= 4 is 0 Å². The molecule has 8 aliphatic rings. The van der Waals surface area contributed by atoms with Crippen LogP contribution in [0.5, 0.6) is 0 Å². The van der Waals surface area contributed by atoms with Gasteiger partial charge in [0, 0.05) is 49.3 Å². The first-order valence-electron chi connectivity index (χ1n) is 29.3. The van der Waals surface area contributed by atoms with Crippen LogP contribution in [0, 0.1) is 0 Å². The Labute approximate surface area is 487 Å². The van der Waals surface area contributed by atoms with E-state index in [1.165, 1.54) is 0 Å². The maximum absolute atomic E-state index is 11.2. The third-order valence-electron chi connectivity index (χ3n) is 17.6. The molecule has 0 amide bonds. The molecule has 34 N–H and O–H groups in total. The van der Waals surface area contributed by atoms with E-state index in [0.717, 1.165) is 0 Å². The van der Waals surface area contributed by atoms with Crippen LogP contribution in [0.4, 0.5) is 0 Å². The summed E-state index contributed by atoms with van der Waals surface area (Å²) in [5.74, 6) is 0. The first kappa shape index (κ1) is 70.1. The van der Waals surface area contributed by atoms with E-state index in [2.05, 4.69) is 0 Å². The Hall–Kier alpha value is -1.36. The highest BCUT2D eigenvalue weighted by molar-refractivity contribution is 5.04. The fraction of sp³-hybridized carbons (Fsp3) is 1.00. The van der Waals surface area contributed by atoms with E-state index >= 15 is 0 Å². The van der Waals surface area contributed by atoms with Crippen molar-refractivity contribution in [1.29, 1.82) is 0 Å². The van der Waals surface area contributed by atoms with Gasteiger partial charge in [0.1, 0.15) is 97.7 Å². The van der Waals surface area contributed by atoms with Gasteiger partial charge in [0.2, 0.25) is 0 Å². The number of aliphatic hydroxyl groups is 10. The first-order chi connectivity index (χ1) is 39.8. The molecule has 492 valence electrons. The van der Waals surface area contributed by atoms with Crippen molar-refractivity contribution in [2.24, 2.45) is 68.8 Å². The molecule has 0 radical (unpaired) electrons. The summed E-state index contributed by atoms with van der Waals surface area (Å²) < 4.78 is 71.2. The van der Waals surface area contributed by atoms with Crippen LogP contribution in [0.3, 0.4) is 0 Å². The Morgan fingerprint density at radius 3 is 1.00 bits per heavy atom. The van der Waals surface area contributed by atoms with E-state index in [-0.39, 0.29) is 50.2 Å². The fourth-order valence-electron chi connectivity index (χ4n) is 12.0. The molecule has 34 heteroatoms. The number of rotatable bonds is 20. The van der Waals surface area contributed by atoms with Gasteiger partial charge in [-0.15, -0.1) is 0 Å². The van der Waals surface area contributed by atoms with Crippen LogP contribution >= 0.6 is 0 Å². The highest BCUT2D eigenvalue weighted by atomic mass is 16.8. The molecule has 84 heavy (non-hydrogen) atoms. The zero-order valence-electron chi connectivity index (χ0n) is 47.6. The lowest BCUT2D eigenvalue weighted by Crippen LogP contribution is -2.65. The molecule has 8 fully saturated rings. The average Bonchev–Trinajstić information content (AvgIpc) is 4.17. The van der Waals surface area contributed by atoms with E-state index in [0.29, 0.717) is 38.5 Å². The van der Waals surface area contributed by atoms with Crippen molar-refractivity contribution < 1.29 is 108 Å². The van der Waals surface area contributed by atoms with Gasteiger partial charge in [0.15, 0.2) is 37.7 Å². The summed E-state index contributed by atoms with van der Waals surface area (Å²) in [6.45, 7) is 2.46. The lowest BCUT2D eigenvalue weighted by atomic mass is 9.84. The lowest BCUT2D eigenvalue weighted by Gasteiger charge is -2.46. The third kappa shape index (κ3) is 15.7. The van der Waals surface area contributed by atoms with Crippen LogP contribution in [0.15, 0.2) is 0 Å². The van der Waals surface area contributed by atoms with Gasteiger partial charge in [-0.1, -0.05) is 13.8 Å². The zero-order valence-corrected chi connectivity index (χ0v) is 47.6. The molecule has 0 bridgehead atoms. The second-order valence-corrected chi connectivity index (χ2v) is 23.5. The highest BCUT2D eigenvalue weighted by Crippen LogP contribution is 2.37. The fourth-order valence-corrected chi connectivity index (χ4v) is 12.0. The van der Waals surface area contributed by atoms with Gasteiger partial charge in [-0.2, -0.15) is 0 Å². The van der Waals surface area contributed by atoms with Crippen molar-refractivity contribution in [3.63, 3.8) is 0 Å². The normalized spacial score (nSPS) is 51.0. The van der Waals surface area contributed by atoms with Crippen molar-refractivity contribution in [2.75, 3.05) is 26.3 Å². The van der Waals surface area contributed by atoms with Gasteiger partial charge in [0.25, 0.3) is 0 Å². The Morgan fingerprint density at radius 2 is 0.679 bits per heavy atom. The molecule has 0 aromatic rings. The van der Waals surface area contributed by atoms with Crippen LogP contribution in [0.1, 0.15) is 65.2 Å². The smallest absolute Gasteiger partial charge is 0.187 e. The molecule has 36 unspecified atom stereocenters. The second-order valence-electron chi connectivity index (χ2n) is 23.5. The lowest BCUT2D eigenvalue weighted by molar-refractivity contribution is -0.290. The molecule has 0 aromatic heterocycles. The van der Waals surface area contributed by atoms with E-state index in [9.17, 15) is 51.1 Å². The number of ether oxygens (including phenoxy) is 12. The largest absolute Gasteiger partial charge is 0.394 e. The first-order valence-corrected chi connectivity index (χ1v) is 29.3. The van der Waals surface area contributed by atoms with E-state index in [1.54, 1.807) is 0 Å². The van der Waals surface area contributed by atoms with Gasteiger partial charge >= 0.3 is 0 Å². The highest BCUT2D eigenvalue weighted by Gasteiger charge is 2.56. The summed E-state index contributed by atoms with van der Waals surface area (Å²) in [5, 5.41) is 105. The van der Waals surface area contributed by atoms with Gasteiger partial charge in [-0.05, 0) is 51.4 Å². The summed E-state index contributed by atoms with van der Waals surface area (Å²) in [5.41, 5.74) is 73.4. The molecule has 0 aromatic carbocycles. The van der Waals surface area contributed by atoms with Crippen LogP contribution in [0.25, 0.3) is 0 Å². The quantitative estimate of drug-likeness (QED) is 0.0538. The summed E-state index contributed by atoms with van der Waals surface area (Å²) in [6.07, 6.45) is -25.6. The average molecular weight is 1220 g/mol. The minimum atomic E-state index is -1.53. The molecule has 2 saturated carbocycles.